The number of hydrogen-bond donors (Lipinski definition) is 1. The van der Waals surface area contributed by atoms with Gasteiger partial charge in [-0.15, -0.1) is 0 Å². The fourth-order valence-corrected chi connectivity index (χ4v) is 7.25. The molecule has 0 saturated heterocycles. The SMILES string of the molecule is CCCCn1nc2c(-c3ccc(N(c4ccccc4)c4ccccc4)cc3)c(N)c([N-][SH2+])c(-c3ccc(N(c4ccccc4)c4ccccc4)cc3)c2n1. The van der Waals surface area contributed by atoms with E-state index in [2.05, 4.69) is 180 Å². The van der Waals surface area contributed by atoms with Crippen LogP contribution >= 0.6 is 0 Å². The largest absolute Gasteiger partial charge is 0.465 e. The topological polar surface area (TPSA) is 77.3 Å². The second kappa shape index (κ2) is 15.6. The van der Waals surface area contributed by atoms with Gasteiger partial charge in [-0.2, -0.15) is 15.0 Å². The lowest BCUT2D eigenvalue weighted by Crippen LogP contribution is -2.09. The van der Waals surface area contributed by atoms with Gasteiger partial charge in [0.15, 0.2) is 0 Å². The van der Waals surface area contributed by atoms with E-state index in [-0.39, 0.29) is 0 Å². The molecule has 0 spiro atoms. The van der Waals surface area contributed by atoms with Crippen LogP contribution in [0.5, 0.6) is 0 Å². The van der Waals surface area contributed by atoms with E-state index in [1.807, 2.05) is 24.3 Å². The van der Waals surface area contributed by atoms with Gasteiger partial charge in [-0.1, -0.05) is 129 Å². The van der Waals surface area contributed by atoms with Crippen LogP contribution in [0, 0.1) is 0 Å². The molecule has 0 fully saturated rings. The Hall–Kier alpha value is -6.51. The standard InChI is InChI=1S/C46H41N7S/c1-2-3-32-51-48-45-41(33-24-28-39(29-25-33)52(35-16-8-4-9-17-35)36-18-10-5-11-19-36)43(47)44(50-54)42(46(45)49-51)34-26-30-40(31-27-34)53(37-20-12-6-13-21-37)38-22-14-7-15-23-38/h4-31H,2-3,32,47,54H2,1H3. The summed E-state index contributed by atoms with van der Waals surface area (Å²) in [5, 5.41) is 10.2. The fraction of sp³-hybridized carbons (Fsp3) is 0.0870. The van der Waals surface area contributed by atoms with Gasteiger partial charge in [0.25, 0.3) is 0 Å². The number of fused-ring (bicyclic) bond motifs is 1. The van der Waals surface area contributed by atoms with E-state index in [1.165, 1.54) is 0 Å². The van der Waals surface area contributed by atoms with Gasteiger partial charge in [-0.05, 0) is 90.3 Å². The number of aryl methyl sites for hydroxylation is 1. The number of unbranched alkanes of at least 4 members (excludes halogenated alkanes) is 1. The molecule has 0 saturated carbocycles. The molecular weight excluding hydrogens is 683 g/mol. The van der Waals surface area contributed by atoms with Crippen LogP contribution in [0.25, 0.3) is 38.0 Å². The highest BCUT2D eigenvalue weighted by molar-refractivity contribution is 7.62. The summed E-state index contributed by atoms with van der Waals surface area (Å²) in [6, 6.07) is 58.5. The van der Waals surface area contributed by atoms with Crippen molar-refractivity contribution in [2.75, 3.05) is 15.5 Å². The number of hydrogen-bond acceptors (Lipinski definition) is 5. The van der Waals surface area contributed by atoms with Crippen molar-refractivity contribution in [3.8, 4) is 22.3 Å². The maximum Gasteiger partial charge on any atom is 0.123 e. The molecule has 2 N–H and O–H groups in total. The fourth-order valence-electron chi connectivity index (χ4n) is 7.02. The van der Waals surface area contributed by atoms with Crippen molar-refractivity contribution < 1.29 is 0 Å². The lowest BCUT2D eigenvalue weighted by molar-refractivity contribution is 0.514. The minimum absolute atomic E-state index is 0.532. The van der Waals surface area contributed by atoms with Gasteiger partial charge in [0, 0.05) is 50.9 Å². The lowest BCUT2D eigenvalue weighted by Gasteiger charge is -2.26. The Labute approximate surface area is 321 Å². The van der Waals surface area contributed by atoms with Crippen LogP contribution in [0.3, 0.4) is 0 Å². The van der Waals surface area contributed by atoms with Crippen molar-refractivity contribution in [1.29, 1.82) is 0 Å². The van der Waals surface area contributed by atoms with E-state index in [0.717, 1.165) is 80.3 Å². The van der Waals surface area contributed by atoms with E-state index in [9.17, 15) is 0 Å². The number of nitrogens with two attached hydrogens (primary N) is 1. The highest BCUT2D eigenvalue weighted by Crippen LogP contribution is 2.49. The summed E-state index contributed by atoms with van der Waals surface area (Å²) in [6.45, 7) is 2.87. The number of nitrogen functional groups attached to an aromatic ring is 1. The number of anilines is 7. The first-order chi connectivity index (χ1) is 26.6. The second-order valence-corrected chi connectivity index (χ2v) is 13.3. The molecule has 7 aromatic carbocycles. The summed E-state index contributed by atoms with van der Waals surface area (Å²) >= 11 is 3.52. The molecule has 1 heterocycles. The van der Waals surface area contributed by atoms with Gasteiger partial charge in [0.05, 0.1) is 6.54 Å². The van der Waals surface area contributed by atoms with Crippen LogP contribution in [0.4, 0.5) is 45.5 Å². The number of para-hydroxylation sites is 4. The van der Waals surface area contributed by atoms with Crippen LogP contribution in [0.2, 0.25) is 0 Å². The molecule has 266 valence electrons. The van der Waals surface area contributed by atoms with Crippen LogP contribution in [0.15, 0.2) is 170 Å². The van der Waals surface area contributed by atoms with Crippen molar-refractivity contribution >= 4 is 69.3 Å². The van der Waals surface area contributed by atoms with Gasteiger partial charge in [0.1, 0.15) is 11.0 Å². The van der Waals surface area contributed by atoms with Gasteiger partial charge in [-0.3, -0.25) is 0 Å². The third-order valence-corrected chi connectivity index (χ3v) is 9.82. The summed E-state index contributed by atoms with van der Waals surface area (Å²) < 4.78 is 4.62. The summed E-state index contributed by atoms with van der Waals surface area (Å²) in [5.41, 5.74) is 19.6. The molecule has 0 aliphatic carbocycles. The molecule has 0 unspecified atom stereocenters. The minimum atomic E-state index is 0.532. The molecule has 8 heteroatoms. The third kappa shape index (κ3) is 6.75. The predicted molar refractivity (Wildman–Crippen MR) is 230 cm³/mol. The smallest absolute Gasteiger partial charge is 0.123 e. The molecule has 0 aliphatic rings. The van der Waals surface area contributed by atoms with E-state index < -0.39 is 0 Å². The molecule has 0 atom stereocenters. The molecule has 0 radical (unpaired) electrons. The Bertz CT molecular complexity index is 2370. The molecule has 54 heavy (non-hydrogen) atoms. The first kappa shape index (κ1) is 34.6. The summed E-state index contributed by atoms with van der Waals surface area (Å²) in [4.78, 5) is 6.29. The highest BCUT2D eigenvalue weighted by atomic mass is 32.1. The summed E-state index contributed by atoms with van der Waals surface area (Å²) in [5.74, 6) is 0. The summed E-state index contributed by atoms with van der Waals surface area (Å²) in [7, 11) is 0. The molecule has 8 rings (SSSR count). The van der Waals surface area contributed by atoms with Crippen LogP contribution < -0.4 is 15.5 Å². The first-order valence-electron chi connectivity index (χ1n) is 18.2. The predicted octanol–water partition coefficient (Wildman–Crippen LogP) is 12.0. The zero-order valence-corrected chi connectivity index (χ0v) is 31.0. The van der Waals surface area contributed by atoms with E-state index in [4.69, 9.17) is 15.9 Å². The average Bonchev–Trinajstić information content (AvgIpc) is 3.65. The molecule has 8 aromatic rings. The van der Waals surface area contributed by atoms with Gasteiger partial charge in [0.2, 0.25) is 0 Å². The maximum atomic E-state index is 7.13. The third-order valence-electron chi connectivity index (χ3n) is 9.60. The zero-order chi connectivity index (χ0) is 36.9. The van der Waals surface area contributed by atoms with Crippen molar-refractivity contribution in [2.45, 2.75) is 26.3 Å². The molecule has 1 aromatic heterocycles. The second-order valence-electron chi connectivity index (χ2n) is 13.1. The van der Waals surface area contributed by atoms with Gasteiger partial charge < -0.3 is 20.3 Å². The van der Waals surface area contributed by atoms with Crippen molar-refractivity contribution in [2.24, 2.45) is 0 Å². The molecule has 0 amide bonds. The minimum Gasteiger partial charge on any atom is -0.465 e. The van der Waals surface area contributed by atoms with Crippen LogP contribution in [-0.2, 0) is 19.4 Å². The van der Waals surface area contributed by atoms with E-state index in [0.29, 0.717) is 17.9 Å². The van der Waals surface area contributed by atoms with Crippen molar-refractivity contribution in [3.63, 3.8) is 0 Å². The Morgan fingerprint density at radius 2 is 0.870 bits per heavy atom. The Morgan fingerprint density at radius 3 is 1.24 bits per heavy atom. The van der Waals surface area contributed by atoms with Crippen LogP contribution in [-0.4, -0.2) is 15.0 Å². The van der Waals surface area contributed by atoms with Gasteiger partial charge >= 0.3 is 0 Å². The number of rotatable bonds is 12. The van der Waals surface area contributed by atoms with E-state index >= 15 is 0 Å². The van der Waals surface area contributed by atoms with Crippen molar-refractivity contribution in [3.05, 3.63) is 175 Å². The monoisotopic (exact) mass is 723 g/mol. The number of nitrogens with zero attached hydrogens (tertiary/aromatic N) is 6. The number of aromatic nitrogens is 3. The quantitative estimate of drug-likeness (QED) is 0.100. The lowest BCUT2D eigenvalue weighted by atomic mass is 9.93. The Morgan fingerprint density at radius 1 is 0.519 bits per heavy atom. The zero-order valence-electron chi connectivity index (χ0n) is 30.0. The Balaban J connectivity index is 1.24. The molecule has 0 aliphatic heterocycles. The van der Waals surface area contributed by atoms with Crippen molar-refractivity contribution in [1.82, 2.24) is 15.0 Å². The average molecular weight is 724 g/mol. The Kier molecular flexibility index (Phi) is 10.00. The highest BCUT2D eigenvalue weighted by Gasteiger charge is 2.22. The number of benzene rings is 7. The summed E-state index contributed by atoms with van der Waals surface area (Å²) in [6.07, 6.45) is 1.99. The molecule has 0 bridgehead atoms. The van der Waals surface area contributed by atoms with Crippen LogP contribution in [0.1, 0.15) is 19.8 Å². The molecule has 7 nitrogen and oxygen atoms in total. The van der Waals surface area contributed by atoms with E-state index in [1.54, 1.807) is 4.80 Å². The molecular formula is C46H41N7S. The maximum absolute atomic E-state index is 7.13. The van der Waals surface area contributed by atoms with Gasteiger partial charge in [-0.25, -0.2) is 0 Å². The normalized spacial score (nSPS) is 11.1. The first-order valence-corrected chi connectivity index (χ1v) is 18.7.